The van der Waals surface area contributed by atoms with Crippen molar-refractivity contribution >= 4 is 63.3 Å². The maximum Gasteiger partial charge on any atom is 0.270 e. The molecule has 1 amide bonds. The van der Waals surface area contributed by atoms with Crippen molar-refractivity contribution in [2.45, 2.75) is 0 Å². The molecule has 1 fully saturated rings. The largest absolute Gasteiger partial charge is 0.270 e. The van der Waals surface area contributed by atoms with Gasteiger partial charge in [0.05, 0.1) is 15.5 Å². The lowest BCUT2D eigenvalue weighted by Crippen LogP contribution is -2.27. The molecule has 0 unspecified atom stereocenters. The molecule has 0 N–H and O–H groups in total. The molecule has 0 atom stereocenters. The molecule has 2 aromatic rings. The number of thioether (sulfide) groups is 1. The molecule has 1 aliphatic heterocycles. The van der Waals surface area contributed by atoms with E-state index in [0.29, 0.717) is 20.5 Å². The van der Waals surface area contributed by atoms with Crippen LogP contribution in [0, 0.1) is 15.9 Å². The number of halogens is 2. The zero-order chi connectivity index (χ0) is 19.6. The Kier molecular flexibility index (Phi) is 5.69. The minimum atomic E-state index is -0.490. The van der Waals surface area contributed by atoms with Crippen LogP contribution in [0.2, 0.25) is 0 Å². The normalized spacial score (nSPS) is 16.3. The first-order chi connectivity index (χ1) is 12.8. The number of hydrogen-bond acceptors (Lipinski definition) is 5. The Labute approximate surface area is 168 Å². The van der Waals surface area contributed by atoms with Gasteiger partial charge in [0, 0.05) is 17.2 Å². The number of nitrogens with zero attached hydrogens (tertiary/aromatic N) is 2. The monoisotopic (exact) mass is 420 g/mol. The summed E-state index contributed by atoms with van der Waals surface area (Å²) in [6.45, 7) is 0. The zero-order valence-corrected chi connectivity index (χ0v) is 15.9. The van der Waals surface area contributed by atoms with E-state index in [1.165, 1.54) is 47.4 Å². The molecule has 0 bridgehead atoms. The third kappa shape index (κ3) is 4.41. The first kappa shape index (κ1) is 19.2. The summed E-state index contributed by atoms with van der Waals surface area (Å²) in [6, 6.07) is 11.3. The van der Waals surface area contributed by atoms with Gasteiger partial charge >= 0.3 is 0 Å². The van der Waals surface area contributed by atoms with E-state index in [2.05, 4.69) is 0 Å². The molecule has 27 heavy (non-hydrogen) atoms. The molecule has 1 heterocycles. The van der Waals surface area contributed by atoms with Crippen molar-refractivity contribution < 1.29 is 14.1 Å². The van der Waals surface area contributed by atoms with Crippen LogP contribution in [0.25, 0.3) is 6.08 Å². The van der Waals surface area contributed by atoms with Crippen LogP contribution in [-0.2, 0) is 4.79 Å². The lowest BCUT2D eigenvalue weighted by Gasteiger charge is -2.14. The van der Waals surface area contributed by atoms with E-state index in [4.69, 9.17) is 23.8 Å². The molecule has 136 valence electrons. The van der Waals surface area contributed by atoms with Crippen LogP contribution in [0.4, 0.5) is 15.8 Å². The number of nitro benzene ring substituents is 1. The molecule has 0 saturated carbocycles. The highest BCUT2D eigenvalue weighted by molar-refractivity contribution is 8.27. The third-order valence-corrected chi connectivity index (χ3v) is 5.08. The number of allylic oxidation sites excluding steroid dienone is 2. The number of hydrogen-bond donors (Lipinski definition) is 0. The van der Waals surface area contributed by atoms with E-state index in [1.54, 1.807) is 18.2 Å². The second-order valence-electron chi connectivity index (χ2n) is 5.37. The summed E-state index contributed by atoms with van der Waals surface area (Å²) in [4.78, 5) is 24.4. The Morgan fingerprint density at radius 1 is 1.19 bits per heavy atom. The lowest BCUT2D eigenvalue weighted by molar-refractivity contribution is -0.384. The van der Waals surface area contributed by atoms with E-state index >= 15 is 0 Å². The first-order valence-electron chi connectivity index (χ1n) is 7.50. The predicted octanol–water partition coefficient (Wildman–Crippen LogP) is 5.26. The van der Waals surface area contributed by atoms with Gasteiger partial charge in [0.2, 0.25) is 0 Å². The van der Waals surface area contributed by atoms with Gasteiger partial charge in [-0.3, -0.25) is 19.8 Å². The summed E-state index contributed by atoms with van der Waals surface area (Å²) in [5.41, 5.74) is 1.09. The molecule has 3 rings (SSSR count). The standard InChI is InChI=1S/C18H10ClFN2O3S2/c19-12(9-11-1-5-15(6-2-11)22(24)25)10-16-17(23)21(18(26)27-16)14-7-3-13(20)4-8-14/h1-10H. The number of amides is 1. The third-order valence-electron chi connectivity index (χ3n) is 3.56. The Morgan fingerprint density at radius 3 is 2.41 bits per heavy atom. The summed E-state index contributed by atoms with van der Waals surface area (Å²) in [5.74, 6) is -0.763. The smallest absolute Gasteiger partial charge is 0.268 e. The number of nitro groups is 1. The van der Waals surface area contributed by atoms with E-state index in [9.17, 15) is 19.3 Å². The number of carbonyl (C=O) groups is 1. The fourth-order valence-electron chi connectivity index (χ4n) is 2.30. The second-order valence-corrected chi connectivity index (χ2v) is 7.48. The van der Waals surface area contributed by atoms with Gasteiger partial charge in [-0.1, -0.05) is 35.6 Å². The molecule has 0 radical (unpaired) electrons. The van der Waals surface area contributed by atoms with E-state index < -0.39 is 10.7 Å². The van der Waals surface area contributed by atoms with Crippen molar-refractivity contribution in [2.24, 2.45) is 0 Å². The number of anilines is 1. The molecular formula is C18H10ClFN2O3S2. The Morgan fingerprint density at radius 2 is 1.81 bits per heavy atom. The molecule has 9 heteroatoms. The van der Waals surface area contributed by atoms with Gasteiger partial charge in [-0.2, -0.15) is 0 Å². The fraction of sp³-hybridized carbons (Fsp3) is 0. The SMILES string of the molecule is O=C1C(=CC(Cl)=Cc2ccc([N+](=O)[O-])cc2)SC(=S)N1c1ccc(F)cc1. The van der Waals surface area contributed by atoms with Crippen molar-refractivity contribution in [1.82, 2.24) is 0 Å². The molecule has 5 nitrogen and oxygen atoms in total. The fourth-order valence-corrected chi connectivity index (χ4v) is 3.89. The Hall–Kier alpha value is -2.55. The first-order valence-corrected chi connectivity index (χ1v) is 9.10. The van der Waals surface area contributed by atoms with Gasteiger partial charge in [-0.25, -0.2) is 4.39 Å². The minimum Gasteiger partial charge on any atom is -0.268 e. The zero-order valence-electron chi connectivity index (χ0n) is 13.5. The van der Waals surface area contributed by atoms with Gasteiger partial charge in [0.1, 0.15) is 5.82 Å². The molecule has 1 aliphatic rings. The summed E-state index contributed by atoms with van der Waals surface area (Å²) in [6.07, 6.45) is 3.06. The van der Waals surface area contributed by atoms with Crippen LogP contribution in [-0.4, -0.2) is 15.2 Å². The molecule has 0 aliphatic carbocycles. The van der Waals surface area contributed by atoms with Crippen LogP contribution in [0.15, 0.2) is 64.5 Å². The average Bonchev–Trinajstić information content (AvgIpc) is 2.90. The van der Waals surface area contributed by atoms with Gasteiger partial charge in [-0.05, 0) is 54.1 Å². The van der Waals surface area contributed by atoms with Crippen molar-refractivity contribution in [2.75, 3.05) is 4.90 Å². The summed E-state index contributed by atoms with van der Waals surface area (Å²) in [5, 5.41) is 10.9. The highest BCUT2D eigenvalue weighted by Gasteiger charge is 2.33. The van der Waals surface area contributed by atoms with Crippen LogP contribution < -0.4 is 4.90 Å². The average molecular weight is 421 g/mol. The molecular weight excluding hydrogens is 411 g/mol. The van der Waals surface area contributed by atoms with E-state index in [0.717, 1.165) is 11.8 Å². The molecule has 1 saturated heterocycles. The Bertz CT molecular complexity index is 989. The number of non-ortho nitro benzene ring substituents is 1. The number of carbonyl (C=O) groups excluding carboxylic acids is 1. The second kappa shape index (κ2) is 7.99. The van der Waals surface area contributed by atoms with Crippen LogP contribution in [0.3, 0.4) is 0 Å². The highest BCUT2D eigenvalue weighted by Crippen LogP contribution is 2.36. The van der Waals surface area contributed by atoms with Crippen molar-refractivity contribution in [3.8, 4) is 0 Å². The minimum absolute atomic E-state index is 0.0246. The van der Waals surface area contributed by atoms with Gasteiger partial charge in [0.25, 0.3) is 11.6 Å². The number of thiocarbonyl (C=S) groups is 1. The number of benzene rings is 2. The van der Waals surface area contributed by atoms with E-state index in [1.807, 2.05) is 0 Å². The number of rotatable bonds is 4. The van der Waals surface area contributed by atoms with Crippen LogP contribution in [0.5, 0.6) is 0 Å². The van der Waals surface area contributed by atoms with Gasteiger partial charge < -0.3 is 0 Å². The topological polar surface area (TPSA) is 63.4 Å². The van der Waals surface area contributed by atoms with Crippen LogP contribution >= 0.6 is 35.6 Å². The Balaban J connectivity index is 1.82. The van der Waals surface area contributed by atoms with Gasteiger partial charge in [0.15, 0.2) is 4.32 Å². The predicted molar refractivity (Wildman–Crippen MR) is 109 cm³/mol. The summed E-state index contributed by atoms with van der Waals surface area (Å²) < 4.78 is 13.4. The van der Waals surface area contributed by atoms with Crippen molar-refractivity contribution in [3.63, 3.8) is 0 Å². The van der Waals surface area contributed by atoms with E-state index in [-0.39, 0.29) is 16.6 Å². The van der Waals surface area contributed by atoms with Gasteiger partial charge in [-0.15, -0.1) is 0 Å². The molecule has 0 aromatic heterocycles. The molecule has 2 aromatic carbocycles. The quantitative estimate of drug-likeness (QED) is 0.292. The lowest BCUT2D eigenvalue weighted by atomic mass is 10.2. The summed E-state index contributed by atoms with van der Waals surface area (Å²) in [7, 11) is 0. The highest BCUT2D eigenvalue weighted by atomic mass is 35.5. The van der Waals surface area contributed by atoms with Crippen LogP contribution in [0.1, 0.15) is 5.56 Å². The summed E-state index contributed by atoms with van der Waals surface area (Å²) >= 11 is 12.5. The van der Waals surface area contributed by atoms with Crippen molar-refractivity contribution in [1.29, 1.82) is 0 Å². The maximum atomic E-state index is 13.1. The van der Waals surface area contributed by atoms with Crippen molar-refractivity contribution in [3.05, 3.63) is 86.0 Å². The maximum absolute atomic E-state index is 13.1. The molecule has 0 spiro atoms.